The Morgan fingerprint density at radius 2 is 2.04 bits per heavy atom. The summed E-state index contributed by atoms with van der Waals surface area (Å²) in [5, 5.41) is 5.67. The van der Waals surface area contributed by atoms with Gasteiger partial charge >= 0.3 is 12.0 Å². The molecule has 0 saturated heterocycles. The van der Waals surface area contributed by atoms with Crippen LogP contribution >= 0.6 is 0 Å². The van der Waals surface area contributed by atoms with Crippen LogP contribution in [0.1, 0.15) is 31.4 Å². The zero-order valence-corrected chi connectivity index (χ0v) is 14.9. The summed E-state index contributed by atoms with van der Waals surface area (Å²) in [6.07, 6.45) is 1.67. The third kappa shape index (κ3) is 3.85. The van der Waals surface area contributed by atoms with Crippen LogP contribution in [0.15, 0.2) is 35.5 Å². The van der Waals surface area contributed by atoms with E-state index in [1.54, 1.807) is 6.92 Å². The van der Waals surface area contributed by atoms with E-state index in [1.165, 1.54) is 16.0 Å². The van der Waals surface area contributed by atoms with Crippen molar-refractivity contribution in [2.24, 2.45) is 0 Å². The van der Waals surface area contributed by atoms with Gasteiger partial charge in [0.2, 0.25) is 0 Å². The Balaban J connectivity index is 1.84. The highest BCUT2D eigenvalue weighted by Crippen LogP contribution is 2.17. The third-order valence-electron chi connectivity index (χ3n) is 4.88. The number of carbonyl (C=O) groups excluding carboxylic acids is 2. The topological polar surface area (TPSA) is 71.9 Å². The maximum Gasteiger partial charge on any atom is 0.338 e. The third-order valence-corrected chi connectivity index (χ3v) is 4.88. The lowest BCUT2D eigenvalue weighted by Gasteiger charge is -2.31. The van der Waals surface area contributed by atoms with Crippen molar-refractivity contribution in [3.63, 3.8) is 0 Å². The molecule has 1 aromatic carbocycles. The highest BCUT2D eigenvalue weighted by atomic mass is 16.5. The molecular formula is C19H26N3O3+. The molecule has 2 heterocycles. The molecule has 0 spiro atoms. The van der Waals surface area contributed by atoms with E-state index in [4.69, 9.17) is 4.74 Å². The van der Waals surface area contributed by atoms with Crippen molar-refractivity contribution in [2.75, 3.05) is 19.7 Å². The number of hydrogen-bond acceptors (Lipinski definition) is 3. The van der Waals surface area contributed by atoms with E-state index in [0.29, 0.717) is 30.8 Å². The Hall–Kier alpha value is -2.34. The van der Waals surface area contributed by atoms with Gasteiger partial charge < -0.3 is 20.3 Å². The molecule has 0 radical (unpaired) electrons. The van der Waals surface area contributed by atoms with Gasteiger partial charge in [-0.05, 0) is 18.9 Å². The Kier molecular flexibility index (Phi) is 5.38. The molecule has 0 saturated carbocycles. The zero-order valence-electron chi connectivity index (χ0n) is 14.9. The van der Waals surface area contributed by atoms with Crippen molar-refractivity contribution < 1.29 is 19.2 Å². The summed E-state index contributed by atoms with van der Waals surface area (Å²) >= 11 is 0. The fourth-order valence-electron chi connectivity index (χ4n) is 3.65. The number of urea groups is 1. The average molecular weight is 344 g/mol. The second-order valence-corrected chi connectivity index (χ2v) is 6.54. The van der Waals surface area contributed by atoms with Gasteiger partial charge in [0.25, 0.3) is 0 Å². The fourth-order valence-corrected chi connectivity index (χ4v) is 3.65. The minimum Gasteiger partial charge on any atom is -0.463 e. The van der Waals surface area contributed by atoms with Crippen molar-refractivity contribution in [1.29, 1.82) is 0 Å². The van der Waals surface area contributed by atoms with Crippen LogP contribution in [-0.2, 0) is 22.5 Å². The van der Waals surface area contributed by atoms with Crippen molar-refractivity contribution in [2.45, 2.75) is 39.3 Å². The molecule has 2 aliphatic heterocycles. The molecule has 2 amide bonds. The van der Waals surface area contributed by atoms with Gasteiger partial charge in [-0.15, -0.1) is 0 Å². The predicted octanol–water partition coefficient (Wildman–Crippen LogP) is 0.536. The van der Waals surface area contributed by atoms with E-state index in [9.17, 15) is 9.59 Å². The van der Waals surface area contributed by atoms with E-state index < -0.39 is 0 Å². The highest BCUT2D eigenvalue weighted by Gasteiger charge is 2.33. The number of quaternary nitrogens is 1. The molecule has 0 aliphatic carbocycles. The van der Waals surface area contributed by atoms with Gasteiger partial charge in [-0.1, -0.05) is 31.2 Å². The number of hydrogen-bond donors (Lipinski definition) is 3. The standard InChI is InChI=1S/C19H25N3O3/c1-3-15-17(18(23)25-4-2)16(21-19(24)20-15)12-22-10-9-13-7-5-6-8-14(13)11-22/h5-8,15H,3-4,9-12H2,1-2H3,(H2,20,21,24)/p+1/t15-/m1/s1. The summed E-state index contributed by atoms with van der Waals surface area (Å²) in [7, 11) is 0. The van der Waals surface area contributed by atoms with E-state index >= 15 is 0 Å². The molecule has 3 N–H and O–H groups in total. The van der Waals surface area contributed by atoms with Crippen LogP contribution in [0.5, 0.6) is 0 Å². The first kappa shape index (κ1) is 17.5. The minimum absolute atomic E-state index is 0.244. The Labute approximate surface area is 148 Å². The lowest BCUT2D eigenvalue weighted by atomic mass is 9.97. The number of esters is 1. The summed E-state index contributed by atoms with van der Waals surface area (Å²) in [6, 6.07) is 7.93. The average Bonchev–Trinajstić information content (AvgIpc) is 2.61. The van der Waals surface area contributed by atoms with Gasteiger partial charge in [0, 0.05) is 12.0 Å². The smallest absolute Gasteiger partial charge is 0.338 e. The first-order valence-corrected chi connectivity index (χ1v) is 9.00. The number of ether oxygens (including phenoxy) is 1. The Morgan fingerprint density at radius 3 is 2.76 bits per heavy atom. The van der Waals surface area contributed by atoms with Crippen molar-refractivity contribution in [3.05, 3.63) is 46.7 Å². The van der Waals surface area contributed by atoms with Crippen LogP contribution < -0.4 is 15.5 Å². The van der Waals surface area contributed by atoms with E-state index in [-0.39, 0.29) is 18.0 Å². The number of rotatable bonds is 5. The molecular weight excluding hydrogens is 318 g/mol. The minimum atomic E-state index is -0.339. The monoisotopic (exact) mass is 344 g/mol. The molecule has 1 aromatic rings. The van der Waals surface area contributed by atoms with E-state index in [1.807, 2.05) is 6.92 Å². The lowest BCUT2D eigenvalue weighted by molar-refractivity contribution is -0.911. The molecule has 6 heteroatoms. The zero-order chi connectivity index (χ0) is 17.8. The van der Waals surface area contributed by atoms with Crippen LogP contribution in [-0.4, -0.2) is 37.7 Å². The number of fused-ring (bicyclic) bond motifs is 1. The lowest BCUT2D eigenvalue weighted by Crippen LogP contribution is -3.12. The number of amides is 2. The summed E-state index contributed by atoms with van der Waals surface area (Å²) in [5.41, 5.74) is 4.00. The van der Waals surface area contributed by atoms with Crippen LogP contribution in [0.3, 0.4) is 0 Å². The van der Waals surface area contributed by atoms with Crippen LogP contribution in [0.25, 0.3) is 0 Å². The Morgan fingerprint density at radius 1 is 1.28 bits per heavy atom. The van der Waals surface area contributed by atoms with Crippen molar-refractivity contribution in [1.82, 2.24) is 10.6 Å². The second-order valence-electron chi connectivity index (χ2n) is 6.54. The fraction of sp³-hybridized carbons (Fsp3) is 0.474. The normalized spacial score (nSPS) is 22.7. The molecule has 0 aromatic heterocycles. The Bertz CT molecular complexity index is 699. The number of nitrogens with one attached hydrogen (secondary N) is 3. The van der Waals surface area contributed by atoms with Crippen molar-refractivity contribution in [3.8, 4) is 0 Å². The first-order valence-electron chi connectivity index (χ1n) is 9.00. The van der Waals surface area contributed by atoms with Gasteiger partial charge in [-0.3, -0.25) is 0 Å². The summed E-state index contributed by atoms with van der Waals surface area (Å²) in [6.45, 7) is 6.57. The van der Waals surface area contributed by atoms with Crippen molar-refractivity contribution >= 4 is 12.0 Å². The van der Waals surface area contributed by atoms with Crippen LogP contribution in [0, 0.1) is 0 Å². The summed E-state index contributed by atoms with van der Waals surface area (Å²) < 4.78 is 5.23. The maximum atomic E-state index is 12.4. The number of benzene rings is 1. The second kappa shape index (κ2) is 7.70. The molecule has 0 fully saturated rings. The molecule has 2 aliphatic rings. The predicted molar refractivity (Wildman–Crippen MR) is 94.0 cm³/mol. The molecule has 25 heavy (non-hydrogen) atoms. The van der Waals surface area contributed by atoms with Gasteiger partial charge in [-0.25, -0.2) is 9.59 Å². The van der Waals surface area contributed by atoms with E-state index in [0.717, 1.165) is 19.5 Å². The summed E-state index contributed by atoms with van der Waals surface area (Å²) in [5.74, 6) is -0.339. The van der Waals surface area contributed by atoms with Gasteiger partial charge in [0.05, 0.1) is 30.5 Å². The molecule has 0 bridgehead atoms. The SMILES string of the molecule is CCOC(=O)C1=C(C[NH+]2CCc3ccccc3C2)NC(=O)N[C@@H]1CC. The van der Waals surface area contributed by atoms with Crippen LogP contribution in [0.4, 0.5) is 4.79 Å². The first-order chi connectivity index (χ1) is 12.1. The molecule has 3 rings (SSSR count). The quantitative estimate of drug-likeness (QED) is 0.683. The molecule has 1 unspecified atom stereocenters. The van der Waals surface area contributed by atoms with E-state index in [2.05, 4.69) is 34.9 Å². The van der Waals surface area contributed by atoms with Crippen LogP contribution in [0.2, 0.25) is 0 Å². The summed E-state index contributed by atoms with van der Waals surface area (Å²) in [4.78, 5) is 25.8. The molecule has 134 valence electrons. The van der Waals surface area contributed by atoms with Gasteiger partial charge in [0.1, 0.15) is 13.1 Å². The van der Waals surface area contributed by atoms with Gasteiger partial charge in [-0.2, -0.15) is 0 Å². The maximum absolute atomic E-state index is 12.4. The molecule has 2 atom stereocenters. The number of carbonyl (C=O) groups is 2. The van der Waals surface area contributed by atoms with Gasteiger partial charge in [0.15, 0.2) is 0 Å². The highest BCUT2D eigenvalue weighted by molar-refractivity contribution is 5.94. The molecule has 6 nitrogen and oxygen atoms in total. The largest absolute Gasteiger partial charge is 0.463 e.